The van der Waals surface area contributed by atoms with E-state index in [1.54, 1.807) is 0 Å². The van der Waals surface area contributed by atoms with Gasteiger partial charge in [-0.05, 0) is 44.7 Å². The van der Waals surface area contributed by atoms with Crippen molar-refractivity contribution in [2.24, 2.45) is 0 Å². The van der Waals surface area contributed by atoms with E-state index in [1.807, 2.05) is 12.1 Å². The Kier molecular flexibility index (Phi) is 5.46. The summed E-state index contributed by atoms with van der Waals surface area (Å²) in [4.78, 5) is 4.55. The Balaban J connectivity index is 1.85. The van der Waals surface area contributed by atoms with Gasteiger partial charge in [-0.25, -0.2) is 4.98 Å². The molecule has 1 fully saturated rings. The molecule has 3 heteroatoms. The molecule has 18 heavy (non-hydrogen) atoms. The molecule has 3 nitrogen and oxygen atoms in total. The molecule has 100 valence electrons. The van der Waals surface area contributed by atoms with Crippen molar-refractivity contribution in [3.63, 3.8) is 0 Å². The maximum Gasteiger partial charge on any atom is 0.213 e. The lowest BCUT2D eigenvalue weighted by Gasteiger charge is -2.22. The van der Waals surface area contributed by atoms with Crippen molar-refractivity contribution in [2.75, 3.05) is 6.54 Å². The van der Waals surface area contributed by atoms with Crippen LogP contribution in [0.1, 0.15) is 51.1 Å². The van der Waals surface area contributed by atoms with E-state index in [1.165, 1.54) is 32.1 Å². The summed E-state index contributed by atoms with van der Waals surface area (Å²) in [6.07, 6.45) is 7.84. The second-order valence-corrected chi connectivity index (χ2v) is 5.02. The summed E-state index contributed by atoms with van der Waals surface area (Å²) < 4.78 is 5.96. The van der Waals surface area contributed by atoms with Gasteiger partial charge in [-0.1, -0.05) is 19.4 Å². The van der Waals surface area contributed by atoms with Gasteiger partial charge in [-0.15, -0.1) is 0 Å². The molecule has 1 aromatic rings. The van der Waals surface area contributed by atoms with Crippen molar-refractivity contribution in [2.45, 2.75) is 58.1 Å². The minimum absolute atomic E-state index is 0.380. The van der Waals surface area contributed by atoms with Gasteiger partial charge in [0.1, 0.15) is 6.10 Å². The molecule has 1 heterocycles. The van der Waals surface area contributed by atoms with E-state index < -0.39 is 0 Å². The van der Waals surface area contributed by atoms with Gasteiger partial charge in [0.2, 0.25) is 5.88 Å². The molecule has 1 aliphatic rings. The Morgan fingerprint density at radius 1 is 1.28 bits per heavy atom. The smallest absolute Gasteiger partial charge is 0.213 e. The molecule has 0 radical (unpaired) electrons. The summed E-state index contributed by atoms with van der Waals surface area (Å²) in [5, 5.41) is 3.36. The third-order valence-corrected chi connectivity index (χ3v) is 3.35. The molecule has 1 aromatic heterocycles. The molecule has 0 unspecified atom stereocenters. The van der Waals surface area contributed by atoms with Gasteiger partial charge in [0.15, 0.2) is 0 Å². The van der Waals surface area contributed by atoms with Gasteiger partial charge in [-0.2, -0.15) is 0 Å². The van der Waals surface area contributed by atoms with Crippen LogP contribution in [0.2, 0.25) is 0 Å². The molecule has 0 spiro atoms. The number of hydrogen-bond acceptors (Lipinski definition) is 3. The number of hydrogen-bond donors (Lipinski definition) is 1. The summed E-state index contributed by atoms with van der Waals surface area (Å²) in [7, 11) is 0. The highest BCUT2D eigenvalue weighted by Crippen LogP contribution is 2.22. The molecular weight excluding hydrogens is 224 g/mol. The van der Waals surface area contributed by atoms with Gasteiger partial charge >= 0.3 is 0 Å². The molecule has 0 aromatic carbocycles. The predicted octanol–water partition coefficient (Wildman–Crippen LogP) is 3.29. The number of aromatic nitrogens is 1. The van der Waals surface area contributed by atoms with E-state index in [4.69, 9.17) is 4.74 Å². The topological polar surface area (TPSA) is 34.1 Å². The second kappa shape index (κ2) is 7.37. The molecule has 0 atom stereocenters. The van der Waals surface area contributed by atoms with E-state index in [2.05, 4.69) is 23.3 Å². The lowest BCUT2D eigenvalue weighted by atomic mass is 9.98. The van der Waals surface area contributed by atoms with Crippen LogP contribution in [0, 0.1) is 0 Å². The zero-order valence-electron chi connectivity index (χ0n) is 11.3. The van der Waals surface area contributed by atoms with Crippen LogP contribution < -0.4 is 10.1 Å². The highest BCUT2D eigenvalue weighted by Gasteiger charge is 2.15. The van der Waals surface area contributed by atoms with Crippen LogP contribution in [-0.2, 0) is 6.54 Å². The summed E-state index contributed by atoms with van der Waals surface area (Å²) in [5.41, 5.74) is 1.07. The Morgan fingerprint density at radius 2 is 2.11 bits per heavy atom. The van der Waals surface area contributed by atoms with Crippen molar-refractivity contribution < 1.29 is 4.74 Å². The molecule has 1 aliphatic carbocycles. The number of ether oxygens (including phenoxy) is 1. The molecule has 1 N–H and O–H groups in total. The largest absolute Gasteiger partial charge is 0.474 e. The molecule has 1 saturated carbocycles. The van der Waals surface area contributed by atoms with Crippen LogP contribution in [0.25, 0.3) is 0 Å². The standard InChI is InChI=1S/C15H24N2O/c1-2-11-16-12-13-7-6-10-15(17-13)18-14-8-4-3-5-9-14/h6-7,10,14,16H,2-5,8-9,11-12H2,1H3. The number of pyridine rings is 1. The van der Waals surface area contributed by atoms with Crippen molar-refractivity contribution >= 4 is 0 Å². The van der Waals surface area contributed by atoms with Gasteiger partial charge in [0, 0.05) is 12.6 Å². The van der Waals surface area contributed by atoms with Crippen molar-refractivity contribution in [3.05, 3.63) is 23.9 Å². The fourth-order valence-electron chi connectivity index (χ4n) is 2.37. The molecule has 0 bridgehead atoms. The van der Waals surface area contributed by atoms with Crippen molar-refractivity contribution in [3.8, 4) is 5.88 Å². The summed E-state index contributed by atoms with van der Waals surface area (Å²) >= 11 is 0. The molecule has 0 aliphatic heterocycles. The molecule has 2 rings (SSSR count). The average molecular weight is 248 g/mol. The monoisotopic (exact) mass is 248 g/mol. The van der Waals surface area contributed by atoms with E-state index in [9.17, 15) is 0 Å². The molecule has 0 saturated heterocycles. The molecular formula is C15H24N2O. The average Bonchev–Trinajstić information content (AvgIpc) is 2.41. The Labute approximate surface area is 110 Å². The number of rotatable bonds is 6. The Bertz CT molecular complexity index is 348. The third kappa shape index (κ3) is 4.30. The van der Waals surface area contributed by atoms with Crippen LogP contribution in [-0.4, -0.2) is 17.6 Å². The first-order valence-corrected chi connectivity index (χ1v) is 7.22. The summed E-state index contributed by atoms with van der Waals surface area (Å²) in [6.45, 7) is 4.04. The minimum atomic E-state index is 0.380. The van der Waals surface area contributed by atoms with E-state index in [0.717, 1.165) is 31.1 Å². The fourth-order valence-corrected chi connectivity index (χ4v) is 2.37. The predicted molar refractivity (Wildman–Crippen MR) is 73.7 cm³/mol. The quantitative estimate of drug-likeness (QED) is 0.784. The highest BCUT2D eigenvalue weighted by atomic mass is 16.5. The number of nitrogens with one attached hydrogen (secondary N) is 1. The highest BCUT2D eigenvalue weighted by molar-refractivity contribution is 5.16. The van der Waals surface area contributed by atoms with E-state index in [0.29, 0.717) is 6.10 Å². The maximum atomic E-state index is 5.96. The van der Waals surface area contributed by atoms with Gasteiger partial charge in [-0.3, -0.25) is 0 Å². The zero-order valence-corrected chi connectivity index (χ0v) is 11.3. The second-order valence-electron chi connectivity index (χ2n) is 5.02. The van der Waals surface area contributed by atoms with Crippen LogP contribution in [0.4, 0.5) is 0 Å². The molecule has 0 amide bonds. The van der Waals surface area contributed by atoms with Gasteiger partial charge in [0.25, 0.3) is 0 Å². The summed E-state index contributed by atoms with van der Waals surface area (Å²) in [5.74, 6) is 0.790. The SMILES string of the molecule is CCCNCc1cccc(OC2CCCCC2)n1. The first-order valence-electron chi connectivity index (χ1n) is 7.22. The fraction of sp³-hybridized carbons (Fsp3) is 0.667. The first kappa shape index (κ1) is 13.3. The third-order valence-electron chi connectivity index (χ3n) is 3.35. The van der Waals surface area contributed by atoms with Crippen LogP contribution in [0.15, 0.2) is 18.2 Å². The van der Waals surface area contributed by atoms with E-state index >= 15 is 0 Å². The van der Waals surface area contributed by atoms with Crippen molar-refractivity contribution in [1.29, 1.82) is 0 Å². The minimum Gasteiger partial charge on any atom is -0.474 e. The van der Waals surface area contributed by atoms with Crippen LogP contribution >= 0.6 is 0 Å². The number of nitrogens with zero attached hydrogens (tertiary/aromatic N) is 1. The van der Waals surface area contributed by atoms with Crippen LogP contribution in [0.5, 0.6) is 5.88 Å². The summed E-state index contributed by atoms with van der Waals surface area (Å²) in [6, 6.07) is 6.06. The van der Waals surface area contributed by atoms with Crippen molar-refractivity contribution in [1.82, 2.24) is 10.3 Å². The van der Waals surface area contributed by atoms with Gasteiger partial charge < -0.3 is 10.1 Å². The lowest BCUT2D eigenvalue weighted by Crippen LogP contribution is -2.20. The van der Waals surface area contributed by atoms with Crippen LogP contribution in [0.3, 0.4) is 0 Å². The Hall–Kier alpha value is -1.09. The first-order chi connectivity index (χ1) is 8.88. The normalized spacial score (nSPS) is 16.7. The van der Waals surface area contributed by atoms with E-state index in [-0.39, 0.29) is 0 Å². The van der Waals surface area contributed by atoms with Gasteiger partial charge in [0.05, 0.1) is 5.69 Å². The zero-order chi connectivity index (χ0) is 12.6. The maximum absolute atomic E-state index is 5.96. The Morgan fingerprint density at radius 3 is 2.89 bits per heavy atom. The lowest BCUT2D eigenvalue weighted by molar-refractivity contribution is 0.148.